The summed E-state index contributed by atoms with van der Waals surface area (Å²) >= 11 is 0. The molecule has 0 aromatic carbocycles. The van der Waals surface area contributed by atoms with E-state index in [1.54, 1.807) is 6.33 Å². The molecule has 2 aliphatic rings. The summed E-state index contributed by atoms with van der Waals surface area (Å²) in [5, 5.41) is 8.49. The highest BCUT2D eigenvalue weighted by Gasteiger charge is 2.25. The largest absolute Gasteiger partial charge is 0.350 e. The second-order valence-corrected chi connectivity index (χ2v) is 5.89. The second-order valence-electron chi connectivity index (χ2n) is 5.89. The van der Waals surface area contributed by atoms with Gasteiger partial charge in [-0.05, 0) is 32.0 Å². The van der Waals surface area contributed by atoms with Gasteiger partial charge in [0.25, 0.3) is 0 Å². The van der Waals surface area contributed by atoms with Gasteiger partial charge in [-0.15, -0.1) is 10.2 Å². The van der Waals surface area contributed by atoms with Crippen molar-refractivity contribution in [2.24, 2.45) is 7.05 Å². The summed E-state index contributed by atoms with van der Waals surface area (Å²) in [6.07, 6.45) is 10.3. The van der Waals surface area contributed by atoms with Gasteiger partial charge in [-0.3, -0.25) is 4.57 Å². The SMILES string of the molecule is CN1CCC(=C2c3c(ccn3C)C=Cn3cnnc32)CC1. The lowest BCUT2D eigenvalue weighted by Crippen LogP contribution is -2.27. The van der Waals surface area contributed by atoms with Crippen LogP contribution in [-0.2, 0) is 7.05 Å². The summed E-state index contributed by atoms with van der Waals surface area (Å²) < 4.78 is 4.23. The van der Waals surface area contributed by atoms with Gasteiger partial charge in [0.2, 0.25) is 0 Å². The molecular weight excluding hydrogens is 262 g/mol. The second kappa shape index (κ2) is 4.70. The molecule has 5 heteroatoms. The molecule has 2 aromatic rings. The van der Waals surface area contributed by atoms with Crippen molar-refractivity contribution in [1.82, 2.24) is 24.2 Å². The molecule has 2 aliphatic heterocycles. The number of hydrogen-bond donors (Lipinski definition) is 0. The zero-order valence-corrected chi connectivity index (χ0v) is 12.5. The standard InChI is InChI=1S/C16H19N5/c1-19-7-3-12(4-8-19)14-15-13(5-9-20(15)2)6-10-21-11-17-18-16(14)21/h5-6,9-11H,3-4,7-8H2,1-2H3. The Morgan fingerprint density at radius 2 is 1.95 bits per heavy atom. The van der Waals surface area contributed by atoms with E-state index in [0.29, 0.717) is 0 Å². The summed E-state index contributed by atoms with van der Waals surface area (Å²) in [4.78, 5) is 2.38. The van der Waals surface area contributed by atoms with E-state index in [4.69, 9.17) is 0 Å². The first-order chi connectivity index (χ1) is 10.2. The molecular formula is C16H19N5. The van der Waals surface area contributed by atoms with Gasteiger partial charge in [0.05, 0.1) is 5.69 Å². The molecule has 0 aliphatic carbocycles. The number of piperidine rings is 1. The first-order valence-electron chi connectivity index (χ1n) is 7.38. The molecule has 0 bridgehead atoms. The Kier molecular flexibility index (Phi) is 2.82. The number of fused-ring (bicyclic) bond motifs is 2. The van der Waals surface area contributed by atoms with E-state index >= 15 is 0 Å². The minimum absolute atomic E-state index is 0.964. The molecule has 1 fully saturated rings. The van der Waals surface area contributed by atoms with E-state index in [-0.39, 0.29) is 0 Å². The minimum atomic E-state index is 0.964. The number of aryl methyl sites for hydroxylation is 1. The third kappa shape index (κ3) is 1.96. The smallest absolute Gasteiger partial charge is 0.169 e. The van der Waals surface area contributed by atoms with Gasteiger partial charge in [0.1, 0.15) is 6.33 Å². The Bertz CT molecular complexity index is 737. The highest BCUT2D eigenvalue weighted by Crippen LogP contribution is 2.35. The molecule has 0 amide bonds. The van der Waals surface area contributed by atoms with Crippen LogP contribution in [0.3, 0.4) is 0 Å². The molecule has 0 spiro atoms. The Balaban J connectivity index is 1.96. The lowest BCUT2D eigenvalue weighted by atomic mass is 9.94. The lowest BCUT2D eigenvalue weighted by Gasteiger charge is -2.26. The normalized spacial score (nSPS) is 18.6. The molecule has 0 radical (unpaired) electrons. The van der Waals surface area contributed by atoms with Crippen molar-refractivity contribution in [3.8, 4) is 0 Å². The summed E-state index contributed by atoms with van der Waals surface area (Å²) in [7, 11) is 4.29. The van der Waals surface area contributed by atoms with Gasteiger partial charge in [0, 0.05) is 43.7 Å². The summed E-state index contributed by atoms with van der Waals surface area (Å²) in [6.45, 7) is 2.22. The van der Waals surface area contributed by atoms with E-state index in [1.807, 2.05) is 4.57 Å². The van der Waals surface area contributed by atoms with E-state index < -0.39 is 0 Å². The number of hydrogen-bond acceptors (Lipinski definition) is 3. The van der Waals surface area contributed by atoms with E-state index in [9.17, 15) is 0 Å². The zero-order valence-electron chi connectivity index (χ0n) is 12.5. The van der Waals surface area contributed by atoms with Crippen LogP contribution < -0.4 is 0 Å². The van der Waals surface area contributed by atoms with Gasteiger partial charge in [0.15, 0.2) is 5.82 Å². The van der Waals surface area contributed by atoms with Gasteiger partial charge in [-0.25, -0.2) is 0 Å². The van der Waals surface area contributed by atoms with Gasteiger partial charge >= 0.3 is 0 Å². The summed E-state index contributed by atoms with van der Waals surface area (Å²) in [6, 6.07) is 2.17. The Labute approximate surface area is 124 Å². The van der Waals surface area contributed by atoms with Crippen molar-refractivity contribution < 1.29 is 0 Å². The van der Waals surface area contributed by atoms with E-state index in [2.05, 4.69) is 58.3 Å². The van der Waals surface area contributed by atoms with Gasteiger partial charge in [-0.1, -0.05) is 5.57 Å². The topological polar surface area (TPSA) is 38.9 Å². The first kappa shape index (κ1) is 12.6. The molecule has 0 saturated carbocycles. The van der Waals surface area contributed by atoms with Crippen LogP contribution in [-0.4, -0.2) is 44.4 Å². The minimum Gasteiger partial charge on any atom is -0.350 e. The summed E-state index contributed by atoms with van der Waals surface area (Å²) in [5.74, 6) is 0.964. The Morgan fingerprint density at radius 3 is 2.76 bits per heavy atom. The third-order valence-electron chi connectivity index (χ3n) is 4.50. The van der Waals surface area contributed by atoms with Crippen molar-refractivity contribution in [2.75, 3.05) is 20.1 Å². The average Bonchev–Trinajstić information content (AvgIpc) is 3.05. The van der Waals surface area contributed by atoms with Crippen molar-refractivity contribution >= 4 is 17.8 Å². The molecule has 108 valence electrons. The molecule has 4 rings (SSSR count). The number of rotatable bonds is 0. The quantitative estimate of drug-likeness (QED) is 0.633. The molecule has 21 heavy (non-hydrogen) atoms. The van der Waals surface area contributed by atoms with E-state index in [1.165, 1.54) is 22.4 Å². The third-order valence-corrected chi connectivity index (χ3v) is 4.50. The van der Waals surface area contributed by atoms with Gasteiger partial charge < -0.3 is 9.47 Å². The monoisotopic (exact) mass is 281 g/mol. The number of nitrogens with zero attached hydrogens (tertiary/aromatic N) is 5. The fourth-order valence-electron chi connectivity index (χ4n) is 3.27. The Morgan fingerprint density at radius 1 is 1.14 bits per heavy atom. The average molecular weight is 281 g/mol. The molecule has 0 N–H and O–H groups in total. The number of aromatic nitrogens is 4. The predicted molar refractivity (Wildman–Crippen MR) is 83.4 cm³/mol. The van der Waals surface area contributed by atoms with Crippen molar-refractivity contribution in [3.05, 3.63) is 41.2 Å². The fraction of sp³-hybridized carbons (Fsp3) is 0.375. The van der Waals surface area contributed by atoms with Crippen LogP contribution in [0.1, 0.15) is 29.9 Å². The van der Waals surface area contributed by atoms with Crippen molar-refractivity contribution in [3.63, 3.8) is 0 Å². The number of likely N-dealkylation sites (tertiary alicyclic amines) is 1. The molecule has 0 atom stereocenters. The lowest BCUT2D eigenvalue weighted by molar-refractivity contribution is 0.313. The van der Waals surface area contributed by atoms with Crippen LogP contribution in [0.25, 0.3) is 17.8 Å². The van der Waals surface area contributed by atoms with Gasteiger partial charge in [-0.2, -0.15) is 0 Å². The van der Waals surface area contributed by atoms with Crippen LogP contribution in [0.15, 0.2) is 24.2 Å². The predicted octanol–water partition coefficient (Wildman–Crippen LogP) is 2.09. The maximum absolute atomic E-state index is 4.39. The molecule has 2 aromatic heterocycles. The highest BCUT2D eigenvalue weighted by atomic mass is 15.3. The van der Waals surface area contributed by atoms with Crippen molar-refractivity contribution in [1.29, 1.82) is 0 Å². The van der Waals surface area contributed by atoms with Crippen molar-refractivity contribution in [2.45, 2.75) is 12.8 Å². The summed E-state index contributed by atoms with van der Waals surface area (Å²) in [5.41, 5.74) is 5.28. The molecule has 5 nitrogen and oxygen atoms in total. The highest BCUT2D eigenvalue weighted by molar-refractivity contribution is 5.86. The first-order valence-corrected chi connectivity index (χ1v) is 7.38. The fourth-order valence-corrected chi connectivity index (χ4v) is 3.27. The van der Waals surface area contributed by atoms with Crippen LogP contribution in [0, 0.1) is 0 Å². The zero-order chi connectivity index (χ0) is 14.4. The molecule has 4 heterocycles. The molecule has 0 unspecified atom stereocenters. The molecule has 1 saturated heterocycles. The van der Waals surface area contributed by atoms with Crippen LogP contribution in [0.4, 0.5) is 0 Å². The Hall–Kier alpha value is -2.14. The van der Waals surface area contributed by atoms with Crippen LogP contribution in [0.2, 0.25) is 0 Å². The maximum Gasteiger partial charge on any atom is 0.169 e. The van der Waals surface area contributed by atoms with E-state index in [0.717, 1.165) is 31.8 Å². The van der Waals surface area contributed by atoms with Crippen LogP contribution >= 0.6 is 0 Å². The van der Waals surface area contributed by atoms with Crippen LogP contribution in [0.5, 0.6) is 0 Å². The maximum atomic E-state index is 4.39.